The third-order valence-electron chi connectivity index (χ3n) is 1.70. The van der Waals surface area contributed by atoms with E-state index in [4.69, 9.17) is 0 Å². The Bertz CT molecular complexity index is 408. The number of benzene rings is 1. The average molecular weight is 196 g/mol. The van der Waals surface area contributed by atoms with Gasteiger partial charge in [-0.3, -0.25) is 0 Å². The topological polar surface area (TPSA) is 28.7 Å². The number of rotatable bonds is 1. The van der Waals surface area contributed by atoms with Crippen LogP contribution in [-0.4, -0.2) is 9.97 Å². The van der Waals surface area contributed by atoms with Crippen molar-refractivity contribution in [1.82, 2.24) is 9.97 Å². The Hall–Kier alpha value is -0.610. The van der Waals surface area contributed by atoms with Crippen LogP contribution in [0, 0.1) is 6.92 Å². The third kappa shape index (κ3) is 1.21. The first kappa shape index (κ1) is 8.01. The van der Waals surface area contributed by atoms with Crippen molar-refractivity contribution >= 4 is 33.5 Å². The van der Waals surface area contributed by atoms with Crippen LogP contribution in [0.15, 0.2) is 23.1 Å². The second-order valence-electron chi connectivity index (χ2n) is 2.56. The number of imidazole rings is 1. The lowest BCUT2D eigenvalue weighted by atomic mass is 10.3. The first-order valence-corrected chi connectivity index (χ1v) is 5.45. The Morgan fingerprint density at radius 3 is 3.08 bits per heavy atom. The number of hydrogen-bond donors (Lipinski definition) is 2. The quantitative estimate of drug-likeness (QED) is 0.542. The van der Waals surface area contributed by atoms with Crippen molar-refractivity contribution in [2.75, 3.05) is 0 Å². The number of thiol groups is 1. The van der Waals surface area contributed by atoms with Crippen LogP contribution in [0.25, 0.3) is 11.0 Å². The molecule has 0 amide bonds. The fourth-order valence-corrected chi connectivity index (χ4v) is 2.05. The SMILES string of the molecule is Cc1nc2cccc(SS)c2[nH]1. The molecule has 0 unspecified atom stereocenters. The number of aromatic amines is 1. The molecule has 0 aliphatic rings. The highest BCUT2D eigenvalue weighted by Crippen LogP contribution is 2.28. The van der Waals surface area contributed by atoms with Crippen LogP contribution in [0.2, 0.25) is 0 Å². The molecule has 2 nitrogen and oxygen atoms in total. The van der Waals surface area contributed by atoms with Crippen LogP contribution in [0.4, 0.5) is 0 Å². The maximum atomic E-state index is 4.32. The molecule has 0 saturated carbocycles. The van der Waals surface area contributed by atoms with E-state index in [1.165, 1.54) is 10.8 Å². The summed E-state index contributed by atoms with van der Waals surface area (Å²) in [5, 5.41) is 0. The van der Waals surface area contributed by atoms with Crippen molar-refractivity contribution < 1.29 is 0 Å². The van der Waals surface area contributed by atoms with E-state index in [0.717, 1.165) is 21.8 Å². The van der Waals surface area contributed by atoms with Crippen molar-refractivity contribution in [2.45, 2.75) is 11.8 Å². The maximum Gasteiger partial charge on any atom is 0.104 e. The van der Waals surface area contributed by atoms with Crippen molar-refractivity contribution in [3.05, 3.63) is 24.0 Å². The number of nitrogens with one attached hydrogen (secondary N) is 1. The van der Waals surface area contributed by atoms with E-state index in [0.29, 0.717) is 0 Å². The molecule has 1 N–H and O–H groups in total. The Kier molecular flexibility index (Phi) is 2.02. The van der Waals surface area contributed by atoms with Gasteiger partial charge in [-0.25, -0.2) is 4.98 Å². The summed E-state index contributed by atoms with van der Waals surface area (Å²) in [5.41, 5.74) is 2.08. The summed E-state index contributed by atoms with van der Waals surface area (Å²) in [6.45, 7) is 1.95. The molecule has 4 heteroatoms. The summed E-state index contributed by atoms with van der Waals surface area (Å²) >= 11 is 4.16. The molecule has 0 aliphatic heterocycles. The molecule has 0 aliphatic carbocycles. The minimum absolute atomic E-state index is 0.944. The number of para-hydroxylation sites is 1. The fourth-order valence-electron chi connectivity index (χ4n) is 1.20. The Balaban J connectivity index is 2.78. The maximum absolute atomic E-state index is 4.32. The van der Waals surface area contributed by atoms with Crippen LogP contribution in [0.3, 0.4) is 0 Å². The third-order valence-corrected chi connectivity index (χ3v) is 2.82. The summed E-state index contributed by atoms with van der Waals surface area (Å²) in [7, 11) is 1.43. The molecule has 62 valence electrons. The van der Waals surface area contributed by atoms with Gasteiger partial charge in [0.15, 0.2) is 0 Å². The van der Waals surface area contributed by atoms with E-state index in [-0.39, 0.29) is 0 Å². The largest absolute Gasteiger partial charge is 0.341 e. The van der Waals surface area contributed by atoms with Crippen LogP contribution in [0.1, 0.15) is 5.82 Å². The predicted molar refractivity (Wildman–Crippen MR) is 55.7 cm³/mol. The number of aromatic nitrogens is 2. The second-order valence-corrected chi connectivity index (χ2v) is 3.73. The molecule has 2 rings (SSSR count). The molecule has 0 atom stereocenters. The standard InChI is InChI=1S/C8H8N2S2/c1-5-9-6-3-2-4-7(12-11)8(6)10-5/h2-4,11H,1H3,(H,9,10). The van der Waals surface area contributed by atoms with E-state index in [1.54, 1.807) is 0 Å². The molecule has 0 radical (unpaired) electrons. The van der Waals surface area contributed by atoms with Crippen LogP contribution >= 0.6 is 22.5 Å². The molecule has 0 spiro atoms. The zero-order valence-electron chi connectivity index (χ0n) is 6.53. The van der Waals surface area contributed by atoms with Crippen LogP contribution in [-0.2, 0) is 0 Å². The van der Waals surface area contributed by atoms with Gasteiger partial charge in [0.25, 0.3) is 0 Å². The highest BCUT2D eigenvalue weighted by atomic mass is 33.1. The molecule has 1 aromatic carbocycles. The number of fused-ring (bicyclic) bond motifs is 1. The fraction of sp³-hybridized carbons (Fsp3) is 0.125. The Labute approximate surface area is 79.6 Å². The van der Waals surface area contributed by atoms with Crippen molar-refractivity contribution in [3.63, 3.8) is 0 Å². The van der Waals surface area contributed by atoms with Gasteiger partial charge in [-0.2, -0.15) is 0 Å². The summed E-state index contributed by atoms with van der Waals surface area (Å²) < 4.78 is 0. The summed E-state index contributed by atoms with van der Waals surface area (Å²) in [6.07, 6.45) is 0. The van der Waals surface area contributed by atoms with Gasteiger partial charge in [0, 0.05) is 4.90 Å². The molecular weight excluding hydrogens is 188 g/mol. The molecule has 0 saturated heterocycles. The van der Waals surface area contributed by atoms with E-state index in [1.807, 2.05) is 25.1 Å². The van der Waals surface area contributed by atoms with E-state index >= 15 is 0 Å². The zero-order chi connectivity index (χ0) is 8.55. The predicted octanol–water partition coefficient (Wildman–Crippen LogP) is 2.81. The van der Waals surface area contributed by atoms with Crippen molar-refractivity contribution in [1.29, 1.82) is 0 Å². The minimum atomic E-state index is 0.944. The molecule has 12 heavy (non-hydrogen) atoms. The van der Waals surface area contributed by atoms with Crippen LogP contribution in [0.5, 0.6) is 0 Å². The lowest BCUT2D eigenvalue weighted by Crippen LogP contribution is -1.72. The minimum Gasteiger partial charge on any atom is -0.341 e. The summed E-state index contributed by atoms with van der Waals surface area (Å²) in [4.78, 5) is 8.64. The highest BCUT2D eigenvalue weighted by Gasteiger charge is 2.02. The molecular formula is C8H8N2S2. The van der Waals surface area contributed by atoms with E-state index in [9.17, 15) is 0 Å². The number of aryl methyl sites for hydroxylation is 1. The smallest absolute Gasteiger partial charge is 0.104 e. The normalized spacial score (nSPS) is 10.8. The molecule has 0 fully saturated rings. The molecule has 0 bridgehead atoms. The highest BCUT2D eigenvalue weighted by molar-refractivity contribution is 8.68. The summed E-state index contributed by atoms with van der Waals surface area (Å²) in [6, 6.07) is 6.01. The first-order valence-electron chi connectivity index (χ1n) is 3.58. The monoisotopic (exact) mass is 196 g/mol. The van der Waals surface area contributed by atoms with Gasteiger partial charge in [0.2, 0.25) is 0 Å². The van der Waals surface area contributed by atoms with Gasteiger partial charge < -0.3 is 4.98 Å². The average Bonchev–Trinajstić information content (AvgIpc) is 2.44. The van der Waals surface area contributed by atoms with Gasteiger partial charge in [0.1, 0.15) is 5.82 Å². The summed E-state index contributed by atoms with van der Waals surface area (Å²) in [5.74, 6) is 0.944. The van der Waals surface area contributed by atoms with Gasteiger partial charge in [-0.05, 0) is 19.1 Å². The van der Waals surface area contributed by atoms with E-state index in [2.05, 4.69) is 21.6 Å². The van der Waals surface area contributed by atoms with Gasteiger partial charge >= 0.3 is 0 Å². The number of H-pyrrole nitrogens is 1. The lowest BCUT2D eigenvalue weighted by molar-refractivity contribution is 1.17. The van der Waals surface area contributed by atoms with Crippen LogP contribution < -0.4 is 0 Å². The van der Waals surface area contributed by atoms with Crippen molar-refractivity contribution in [3.8, 4) is 0 Å². The molecule has 1 aromatic heterocycles. The first-order chi connectivity index (χ1) is 5.81. The molecule has 1 heterocycles. The van der Waals surface area contributed by atoms with Gasteiger partial charge in [0.05, 0.1) is 11.0 Å². The zero-order valence-corrected chi connectivity index (χ0v) is 8.25. The number of nitrogens with zero attached hydrogens (tertiary/aromatic N) is 1. The van der Waals surface area contributed by atoms with E-state index < -0.39 is 0 Å². The Morgan fingerprint density at radius 2 is 2.33 bits per heavy atom. The number of hydrogen-bond acceptors (Lipinski definition) is 3. The Morgan fingerprint density at radius 1 is 1.50 bits per heavy atom. The lowest BCUT2D eigenvalue weighted by Gasteiger charge is -1.94. The van der Waals surface area contributed by atoms with Gasteiger partial charge in [-0.1, -0.05) is 16.9 Å². The van der Waals surface area contributed by atoms with Gasteiger partial charge in [-0.15, -0.1) is 11.7 Å². The second kappa shape index (κ2) is 3.03. The van der Waals surface area contributed by atoms with Crippen molar-refractivity contribution in [2.24, 2.45) is 0 Å². The molecule has 2 aromatic rings.